The number of aromatic nitrogens is 6. The number of hydrogen-bond donors (Lipinski definition) is 3. The first-order valence-electron chi connectivity index (χ1n) is 18.8. The van der Waals surface area contributed by atoms with Crippen molar-refractivity contribution in [2.45, 2.75) is 51.6 Å². The molecule has 0 spiro atoms. The number of aliphatic carboxylic acids is 1. The number of rotatable bonds is 8. The van der Waals surface area contributed by atoms with Crippen molar-refractivity contribution in [1.82, 2.24) is 34.8 Å². The molecule has 4 aliphatic rings. The fraction of sp³-hybridized carbons (Fsp3) is 0.350. The van der Waals surface area contributed by atoms with Crippen LogP contribution in [0.5, 0.6) is 11.8 Å². The maximum Gasteiger partial charge on any atom is 0.306 e. The minimum atomic E-state index is -0.733. The number of anilines is 4. The lowest BCUT2D eigenvalue weighted by Crippen LogP contribution is -2.32. The average Bonchev–Trinajstić information content (AvgIpc) is 4.04. The van der Waals surface area contributed by atoms with Crippen molar-refractivity contribution in [3.05, 3.63) is 68.2 Å². The zero-order valence-corrected chi connectivity index (χ0v) is 33.8. The highest BCUT2D eigenvalue weighted by Crippen LogP contribution is 2.43. The Balaban J connectivity index is 0.000000151. The first kappa shape index (κ1) is 37.4. The predicted molar refractivity (Wildman–Crippen MR) is 223 cm³/mol. The van der Waals surface area contributed by atoms with Gasteiger partial charge in [-0.1, -0.05) is 0 Å². The molecule has 10 rings (SSSR count). The van der Waals surface area contributed by atoms with E-state index in [2.05, 4.69) is 50.5 Å². The molecule has 0 saturated heterocycles. The quantitative estimate of drug-likeness (QED) is 0.163. The first-order valence-corrected chi connectivity index (χ1v) is 20.5. The van der Waals surface area contributed by atoms with Gasteiger partial charge in [-0.3, -0.25) is 19.6 Å². The van der Waals surface area contributed by atoms with E-state index in [0.29, 0.717) is 55.6 Å². The van der Waals surface area contributed by atoms with Crippen LogP contribution < -0.4 is 20.1 Å². The third kappa shape index (κ3) is 6.85. The van der Waals surface area contributed by atoms with Crippen LogP contribution >= 0.6 is 22.7 Å². The van der Waals surface area contributed by atoms with Gasteiger partial charge in [0.1, 0.15) is 45.3 Å². The topological polar surface area (TPSA) is 202 Å². The molecule has 6 aromatic rings. The number of nitrogens with zero attached hydrogens (tertiary/aromatic N) is 9. The van der Waals surface area contributed by atoms with E-state index in [1.807, 2.05) is 32.4 Å². The molecule has 296 valence electrons. The molecular weight excluding hydrogens is 779 g/mol. The number of nitrogens with one attached hydrogen (secondary N) is 2. The van der Waals surface area contributed by atoms with E-state index in [4.69, 9.17) is 9.47 Å². The molecule has 2 aliphatic carbocycles. The van der Waals surface area contributed by atoms with Gasteiger partial charge >= 0.3 is 5.97 Å². The molecule has 2 aliphatic heterocycles. The van der Waals surface area contributed by atoms with Crippen LogP contribution in [0.15, 0.2) is 34.8 Å². The number of thiophene rings is 2. The monoisotopic (exact) mass is 817 g/mol. The van der Waals surface area contributed by atoms with Gasteiger partial charge in [-0.15, -0.1) is 22.7 Å². The van der Waals surface area contributed by atoms with Crippen molar-refractivity contribution >= 4 is 90.4 Å². The molecule has 0 radical (unpaired) electrons. The molecule has 16 nitrogen and oxygen atoms in total. The molecule has 18 heteroatoms. The van der Waals surface area contributed by atoms with E-state index >= 15 is 0 Å². The average molecular weight is 818 g/mol. The Morgan fingerprint density at radius 1 is 0.741 bits per heavy atom. The minimum Gasteiger partial charge on any atom is -0.481 e. The highest BCUT2D eigenvalue weighted by molar-refractivity contribution is 7.19. The number of aryl methyl sites for hydroxylation is 2. The molecular formula is C40H39N11O5S2. The lowest BCUT2D eigenvalue weighted by atomic mass is 9.87. The van der Waals surface area contributed by atoms with Crippen molar-refractivity contribution in [2.75, 3.05) is 38.9 Å². The van der Waals surface area contributed by atoms with Crippen molar-refractivity contribution in [1.29, 1.82) is 0 Å². The molecule has 2 atom stereocenters. The van der Waals surface area contributed by atoms with Crippen molar-refractivity contribution in [2.24, 2.45) is 21.8 Å². The number of ether oxygens (including phenoxy) is 2. The molecule has 0 aromatic carbocycles. The summed E-state index contributed by atoms with van der Waals surface area (Å²) in [4.78, 5) is 65.2. The molecule has 0 fully saturated rings. The van der Waals surface area contributed by atoms with E-state index in [1.54, 1.807) is 54.3 Å². The zero-order valence-electron chi connectivity index (χ0n) is 32.2. The standard InChI is InChI=1S/C21H22N6O2S.C19H17N5O3S/c1-27(2)21(28)11-4-5-13-16(7-11)30-20-17(13)18(23-10-24-20)25-14-6-12-8-22-9-15(12)26-19(14)29-3;1-27-17-12(4-10-6-20-7-13(10)24-17)23-16-15-11-3-2-9(19(25)26)5-14(11)28-18(15)22-8-21-16/h6,8,10-11H,4-5,7,9H2,1-3H3,(H,23,24,25);4,6,8-9H,2-3,5,7H2,1H3,(H,25,26)(H,21,22,23)/t11-;9-/m00/s1. The van der Waals surface area contributed by atoms with E-state index in [0.717, 1.165) is 84.2 Å². The summed E-state index contributed by atoms with van der Waals surface area (Å²) in [7, 11) is 6.83. The zero-order chi connectivity index (χ0) is 40.1. The summed E-state index contributed by atoms with van der Waals surface area (Å²) in [6.07, 6.45) is 11.1. The Hall–Kier alpha value is -6.14. The van der Waals surface area contributed by atoms with E-state index < -0.39 is 5.97 Å². The molecule has 8 heterocycles. The fourth-order valence-electron chi connectivity index (χ4n) is 7.98. The molecule has 0 unspecified atom stereocenters. The van der Waals surface area contributed by atoms with Crippen LogP contribution in [0.25, 0.3) is 20.4 Å². The summed E-state index contributed by atoms with van der Waals surface area (Å²) in [6.45, 7) is 1.14. The van der Waals surface area contributed by atoms with Gasteiger partial charge < -0.3 is 30.1 Å². The Labute approximate surface area is 340 Å². The molecule has 3 N–H and O–H groups in total. The third-order valence-corrected chi connectivity index (χ3v) is 13.2. The number of aliphatic imine (C=N–C) groups is 2. The van der Waals surface area contributed by atoms with Crippen molar-refractivity contribution < 1.29 is 24.2 Å². The van der Waals surface area contributed by atoms with Gasteiger partial charge in [0.2, 0.25) is 17.7 Å². The summed E-state index contributed by atoms with van der Waals surface area (Å²) < 4.78 is 11.0. The Morgan fingerprint density at radius 2 is 1.22 bits per heavy atom. The third-order valence-electron chi connectivity index (χ3n) is 10.9. The summed E-state index contributed by atoms with van der Waals surface area (Å²) in [5.41, 5.74) is 7.62. The summed E-state index contributed by atoms with van der Waals surface area (Å²) in [5, 5.41) is 18.1. The number of amides is 1. The number of fused-ring (bicyclic) bond motifs is 8. The van der Waals surface area contributed by atoms with Crippen LogP contribution in [0.4, 0.5) is 23.0 Å². The summed E-state index contributed by atoms with van der Waals surface area (Å²) in [6, 6.07) is 3.96. The Kier molecular flexibility index (Phi) is 9.89. The number of pyridine rings is 2. The van der Waals surface area contributed by atoms with Crippen LogP contribution in [0.2, 0.25) is 0 Å². The van der Waals surface area contributed by atoms with Gasteiger partial charge in [0.05, 0.1) is 55.4 Å². The highest BCUT2D eigenvalue weighted by Gasteiger charge is 2.31. The number of carbonyl (C=O) groups excluding carboxylic acids is 1. The number of methoxy groups -OCH3 is 2. The second-order valence-electron chi connectivity index (χ2n) is 14.6. The van der Waals surface area contributed by atoms with Gasteiger partial charge in [0.15, 0.2) is 0 Å². The Morgan fingerprint density at radius 3 is 1.69 bits per heavy atom. The number of carbonyl (C=O) groups is 2. The Bertz CT molecular complexity index is 2690. The van der Waals surface area contributed by atoms with Crippen LogP contribution in [0.3, 0.4) is 0 Å². The van der Waals surface area contributed by atoms with E-state index in [1.165, 1.54) is 16.8 Å². The van der Waals surface area contributed by atoms with Gasteiger partial charge in [0.25, 0.3) is 0 Å². The smallest absolute Gasteiger partial charge is 0.306 e. The van der Waals surface area contributed by atoms with Crippen molar-refractivity contribution in [3.63, 3.8) is 0 Å². The van der Waals surface area contributed by atoms with E-state index in [9.17, 15) is 14.7 Å². The maximum absolute atomic E-state index is 12.5. The number of hydrogen-bond acceptors (Lipinski definition) is 16. The van der Waals surface area contributed by atoms with Gasteiger partial charge in [-0.05, 0) is 61.8 Å². The second-order valence-corrected chi connectivity index (χ2v) is 16.8. The fourth-order valence-corrected chi connectivity index (χ4v) is 10.5. The lowest BCUT2D eigenvalue weighted by Gasteiger charge is -2.24. The number of carboxylic acid groups (broad SMARTS) is 1. The molecule has 0 bridgehead atoms. The van der Waals surface area contributed by atoms with Crippen molar-refractivity contribution in [3.8, 4) is 11.8 Å². The number of carboxylic acids is 1. The summed E-state index contributed by atoms with van der Waals surface area (Å²) >= 11 is 3.21. The molecule has 0 saturated carbocycles. The largest absolute Gasteiger partial charge is 0.481 e. The van der Waals surface area contributed by atoms with Crippen LogP contribution in [-0.4, -0.2) is 92.5 Å². The van der Waals surface area contributed by atoms with Crippen LogP contribution in [0.1, 0.15) is 56.2 Å². The summed E-state index contributed by atoms with van der Waals surface area (Å²) in [5.74, 6) is 1.60. The lowest BCUT2D eigenvalue weighted by molar-refractivity contribution is -0.142. The van der Waals surface area contributed by atoms with Gasteiger partial charge in [-0.2, -0.15) is 0 Å². The second kappa shape index (κ2) is 15.3. The first-order chi connectivity index (χ1) is 28.2. The minimum absolute atomic E-state index is 0.0326. The highest BCUT2D eigenvalue weighted by atomic mass is 32.1. The normalized spacial score (nSPS) is 17.2. The van der Waals surface area contributed by atoms with E-state index in [-0.39, 0.29) is 17.7 Å². The van der Waals surface area contributed by atoms with Gasteiger partial charge in [0, 0.05) is 53.3 Å². The van der Waals surface area contributed by atoms with Crippen LogP contribution in [0, 0.1) is 11.8 Å². The molecule has 58 heavy (non-hydrogen) atoms. The SMILES string of the molecule is COc1nc2c(cc1Nc1ncnc3sc4c(c13)CC[C@H](C(=O)N(C)C)C4)C=NC2.COc1nc2c(cc1Nc1ncnc3sc4c(c13)CC[C@H](C(=O)O)C4)C=NC2. The van der Waals surface area contributed by atoms with Gasteiger partial charge in [-0.25, -0.2) is 29.9 Å². The maximum atomic E-state index is 12.5. The molecule has 6 aromatic heterocycles. The predicted octanol–water partition coefficient (Wildman–Crippen LogP) is 5.92. The van der Waals surface area contributed by atoms with Crippen LogP contribution in [-0.2, 0) is 48.4 Å². The molecule has 1 amide bonds.